The summed E-state index contributed by atoms with van der Waals surface area (Å²) in [5, 5.41) is 12.1. The second-order valence-electron chi connectivity index (χ2n) is 6.32. The van der Waals surface area contributed by atoms with Crippen LogP contribution in [-0.4, -0.2) is 17.1 Å². The summed E-state index contributed by atoms with van der Waals surface area (Å²) in [5.74, 6) is 0.857. The summed E-state index contributed by atoms with van der Waals surface area (Å²) < 4.78 is 5.98. The van der Waals surface area contributed by atoms with E-state index in [4.69, 9.17) is 4.74 Å². The van der Waals surface area contributed by atoms with Crippen molar-refractivity contribution in [2.45, 2.75) is 38.2 Å². The Morgan fingerprint density at radius 2 is 1.68 bits per heavy atom. The predicted molar refractivity (Wildman–Crippen MR) is 99.7 cm³/mol. The molecule has 1 amide bonds. The molecule has 3 rings (SSSR count). The van der Waals surface area contributed by atoms with E-state index in [9.17, 15) is 9.90 Å². The van der Waals surface area contributed by atoms with Crippen molar-refractivity contribution in [3.8, 4) is 11.5 Å². The van der Waals surface area contributed by atoms with Crippen LogP contribution in [-0.2, 0) is 4.79 Å². The Morgan fingerprint density at radius 1 is 1.00 bits per heavy atom. The maximum Gasteiger partial charge on any atom is 0.248 e. The number of amides is 1. The van der Waals surface area contributed by atoms with E-state index in [1.807, 2.05) is 24.3 Å². The number of carbonyl (C=O) groups excluding carboxylic acids is 1. The van der Waals surface area contributed by atoms with Gasteiger partial charge in [0.2, 0.25) is 5.91 Å². The predicted octanol–water partition coefficient (Wildman–Crippen LogP) is 4.76. The van der Waals surface area contributed by atoms with Crippen molar-refractivity contribution in [1.29, 1.82) is 0 Å². The zero-order valence-corrected chi connectivity index (χ0v) is 14.2. The highest BCUT2D eigenvalue weighted by Crippen LogP contribution is 2.24. The molecular formula is C21H23NO3. The Kier molecular flexibility index (Phi) is 5.73. The highest BCUT2D eigenvalue weighted by molar-refractivity contribution is 6.01. The Balaban J connectivity index is 1.51. The number of benzene rings is 2. The smallest absolute Gasteiger partial charge is 0.248 e. The number of ether oxygens (including phenoxy) is 1. The van der Waals surface area contributed by atoms with Crippen molar-refractivity contribution < 1.29 is 14.6 Å². The molecule has 0 saturated heterocycles. The SMILES string of the molecule is O=C(/C=C/c1ccc(O)cc1)Nc1ccc(OC2CCCCC2)cc1. The number of aromatic hydroxyl groups is 1. The number of phenols is 1. The average Bonchev–Trinajstić information content (AvgIpc) is 2.64. The lowest BCUT2D eigenvalue weighted by Crippen LogP contribution is -2.19. The molecule has 1 aliphatic rings. The fourth-order valence-corrected chi connectivity index (χ4v) is 2.93. The van der Waals surface area contributed by atoms with E-state index in [1.165, 1.54) is 25.3 Å². The molecule has 2 aromatic carbocycles. The van der Waals surface area contributed by atoms with Gasteiger partial charge in [0.05, 0.1) is 6.10 Å². The topological polar surface area (TPSA) is 58.6 Å². The molecule has 0 spiro atoms. The van der Waals surface area contributed by atoms with Gasteiger partial charge >= 0.3 is 0 Å². The van der Waals surface area contributed by atoms with Crippen molar-refractivity contribution in [2.75, 3.05) is 5.32 Å². The van der Waals surface area contributed by atoms with Crippen LogP contribution in [0.1, 0.15) is 37.7 Å². The summed E-state index contributed by atoms with van der Waals surface area (Å²) in [4.78, 5) is 12.0. The molecule has 4 heteroatoms. The molecule has 1 fully saturated rings. The number of nitrogens with one attached hydrogen (secondary N) is 1. The van der Waals surface area contributed by atoms with E-state index in [2.05, 4.69) is 5.32 Å². The summed E-state index contributed by atoms with van der Waals surface area (Å²) in [6.07, 6.45) is 9.54. The number of hydrogen-bond donors (Lipinski definition) is 2. The van der Waals surface area contributed by atoms with Gasteiger partial charge in [0.25, 0.3) is 0 Å². The summed E-state index contributed by atoms with van der Waals surface area (Å²) in [5.41, 5.74) is 1.58. The molecular weight excluding hydrogens is 314 g/mol. The van der Waals surface area contributed by atoms with Crippen LogP contribution in [0.3, 0.4) is 0 Å². The molecule has 1 saturated carbocycles. The van der Waals surface area contributed by atoms with Gasteiger partial charge in [-0.2, -0.15) is 0 Å². The van der Waals surface area contributed by atoms with Crippen LogP contribution in [0.4, 0.5) is 5.69 Å². The van der Waals surface area contributed by atoms with Crippen LogP contribution in [0.25, 0.3) is 6.08 Å². The Hall–Kier alpha value is -2.75. The van der Waals surface area contributed by atoms with E-state index in [0.29, 0.717) is 6.10 Å². The van der Waals surface area contributed by atoms with Crippen molar-refractivity contribution in [1.82, 2.24) is 0 Å². The van der Waals surface area contributed by atoms with E-state index in [1.54, 1.807) is 30.3 Å². The molecule has 0 radical (unpaired) electrons. The summed E-state index contributed by atoms with van der Waals surface area (Å²) in [6, 6.07) is 14.2. The van der Waals surface area contributed by atoms with E-state index >= 15 is 0 Å². The zero-order valence-electron chi connectivity index (χ0n) is 14.2. The van der Waals surface area contributed by atoms with Crippen LogP contribution in [0.15, 0.2) is 54.6 Å². The molecule has 0 bridgehead atoms. The molecule has 1 aliphatic carbocycles. The summed E-state index contributed by atoms with van der Waals surface area (Å²) >= 11 is 0. The Bertz CT molecular complexity index is 714. The Morgan fingerprint density at radius 3 is 2.36 bits per heavy atom. The van der Waals surface area contributed by atoms with Gasteiger partial charge in [-0.25, -0.2) is 0 Å². The minimum atomic E-state index is -0.200. The normalized spacial score (nSPS) is 15.2. The first kappa shape index (κ1) is 17.1. The lowest BCUT2D eigenvalue weighted by molar-refractivity contribution is -0.111. The maximum atomic E-state index is 12.0. The monoisotopic (exact) mass is 337 g/mol. The Labute approximate surface area is 148 Å². The molecule has 4 nitrogen and oxygen atoms in total. The third-order valence-electron chi connectivity index (χ3n) is 4.30. The van der Waals surface area contributed by atoms with Crippen LogP contribution in [0.5, 0.6) is 11.5 Å². The van der Waals surface area contributed by atoms with Crippen LogP contribution in [0, 0.1) is 0 Å². The van der Waals surface area contributed by atoms with E-state index in [0.717, 1.165) is 29.8 Å². The fourth-order valence-electron chi connectivity index (χ4n) is 2.93. The highest BCUT2D eigenvalue weighted by atomic mass is 16.5. The lowest BCUT2D eigenvalue weighted by Gasteiger charge is -2.23. The van der Waals surface area contributed by atoms with Gasteiger partial charge in [-0.3, -0.25) is 4.79 Å². The van der Waals surface area contributed by atoms with Crippen LogP contribution >= 0.6 is 0 Å². The van der Waals surface area contributed by atoms with Crippen molar-refractivity contribution in [2.24, 2.45) is 0 Å². The van der Waals surface area contributed by atoms with Crippen LogP contribution < -0.4 is 10.1 Å². The average molecular weight is 337 g/mol. The molecule has 25 heavy (non-hydrogen) atoms. The number of phenolic OH excluding ortho intramolecular Hbond substituents is 1. The third kappa shape index (κ3) is 5.38. The van der Waals surface area contributed by atoms with Gasteiger partial charge in [0, 0.05) is 11.8 Å². The van der Waals surface area contributed by atoms with Gasteiger partial charge in [0.15, 0.2) is 0 Å². The molecule has 2 N–H and O–H groups in total. The number of anilines is 1. The summed E-state index contributed by atoms with van der Waals surface area (Å²) in [7, 11) is 0. The van der Waals surface area contributed by atoms with Gasteiger partial charge in [0.1, 0.15) is 11.5 Å². The molecule has 0 aliphatic heterocycles. The maximum absolute atomic E-state index is 12.0. The largest absolute Gasteiger partial charge is 0.508 e. The van der Waals surface area contributed by atoms with Gasteiger partial charge in [-0.15, -0.1) is 0 Å². The number of rotatable bonds is 5. The second-order valence-corrected chi connectivity index (χ2v) is 6.32. The van der Waals surface area contributed by atoms with Gasteiger partial charge in [-0.1, -0.05) is 18.6 Å². The zero-order chi connectivity index (χ0) is 17.5. The number of carbonyl (C=O) groups is 1. The molecule has 0 unspecified atom stereocenters. The third-order valence-corrected chi connectivity index (χ3v) is 4.30. The first-order chi connectivity index (χ1) is 12.2. The standard InChI is InChI=1S/C21H23NO3/c23-18-11-6-16(7-12-18)8-15-21(24)22-17-9-13-20(14-10-17)25-19-4-2-1-3-5-19/h6-15,19,23H,1-5H2,(H,22,24)/b15-8+. The first-order valence-electron chi connectivity index (χ1n) is 8.74. The van der Waals surface area contributed by atoms with Crippen molar-refractivity contribution in [3.63, 3.8) is 0 Å². The van der Waals surface area contributed by atoms with E-state index in [-0.39, 0.29) is 11.7 Å². The van der Waals surface area contributed by atoms with Crippen molar-refractivity contribution >= 4 is 17.7 Å². The lowest BCUT2D eigenvalue weighted by atomic mass is 9.98. The van der Waals surface area contributed by atoms with Crippen LogP contribution in [0.2, 0.25) is 0 Å². The summed E-state index contributed by atoms with van der Waals surface area (Å²) in [6.45, 7) is 0. The minimum Gasteiger partial charge on any atom is -0.508 e. The quantitative estimate of drug-likeness (QED) is 0.774. The molecule has 130 valence electrons. The molecule has 0 atom stereocenters. The first-order valence-corrected chi connectivity index (χ1v) is 8.74. The van der Waals surface area contributed by atoms with Crippen molar-refractivity contribution in [3.05, 3.63) is 60.2 Å². The highest BCUT2D eigenvalue weighted by Gasteiger charge is 2.14. The van der Waals surface area contributed by atoms with E-state index < -0.39 is 0 Å². The molecule has 0 aromatic heterocycles. The number of hydrogen-bond acceptors (Lipinski definition) is 3. The molecule has 2 aromatic rings. The second kappa shape index (κ2) is 8.38. The van der Waals surface area contributed by atoms with Gasteiger partial charge < -0.3 is 15.2 Å². The fraction of sp³-hybridized carbons (Fsp3) is 0.286. The molecule has 0 heterocycles. The minimum absolute atomic E-state index is 0.200. The van der Waals surface area contributed by atoms with Gasteiger partial charge in [-0.05, 0) is 73.7 Å².